The third-order valence-corrected chi connectivity index (χ3v) is 5.31. The lowest BCUT2D eigenvalue weighted by atomic mass is 9.85. The highest BCUT2D eigenvalue weighted by Gasteiger charge is 2.29. The number of nitrogens with one attached hydrogen (secondary N) is 1. The van der Waals surface area contributed by atoms with Crippen LogP contribution in [0.2, 0.25) is 0 Å². The molecule has 0 aliphatic heterocycles. The van der Waals surface area contributed by atoms with Crippen LogP contribution in [0.1, 0.15) is 39.8 Å². The number of furan rings is 1. The minimum Gasteiger partial charge on any atom is -0.494 e. The summed E-state index contributed by atoms with van der Waals surface area (Å²) in [6, 6.07) is 9.43. The fourth-order valence-electron chi connectivity index (χ4n) is 3.83. The number of para-hydroxylation sites is 1. The molecule has 0 fully saturated rings. The molecule has 0 unspecified atom stereocenters. The molecule has 0 bridgehead atoms. The number of fused-ring (bicyclic) bond motifs is 2. The van der Waals surface area contributed by atoms with Crippen LogP contribution in [0.15, 0.2) is 47.2 Å². The van der Waals surface area contributed by atoms with Gasteiger partial charge in [0.05, 0.1) is 30.3 Å². The first kappa shape index (κ1) is 18.2. The second-order valence-corrected chi connectivity index (χ2v) is 7.21. The lowest BCUT2D eigenvalue weighted by molar-refractivity contribution is 0.0958. The molecule has 1 N–H and O–H groups in total. The molecule has 3 heterocycles. The number of rotatable bonds is 4. The molecule has 1 aliphatic rings. The molecule has 0 saturated carbocycles. The number of ketones is 1. The van der Waals surface area contributed by atoms with Gasteiger partial charge in [0.15, 0.2) is 5.78 Å². The number of benzene rings is 1. The molecule has 4 aromatic rings. The van der Waals surface area contributed by atoms with Crippen LogP contribution in [-0.4, -0.2) is 32.8 Å². The Morgan fingerprint density at radius 3 is 2.80 bits per heavy atom. The molecule has 3 aromatic heterocycles. The number of aromatic nitrogens is 4. The number of carbonyl (C=O) groups excluding carboxylic acids is 1. The Bertz CT molecular complexity index is 1250. The molecule has 1 atom stereocenters. The number of methoxy groups -OCH3 is 1. The smallest absolute Gasteiger partial charge is 0.230 e. The van der Waals surface area contributed by atoms with Crippen LogP contribution in [0.25, 0.3) is 10.9 Å². The van der Waals surface area contributed by atoms with Gasteiger partial charge in [-0.25, -0.2) is 19.9 Å². The van der Waals surface area contributed by atoms with Gasteiger partial charge in [-0.3, -0.25) is 10.1 Å². The summed E-state index contributed by atoms with van der Waals surface area (Å²) < 4.78 is 10.9. The monoisotopic (exact) mass is 401 g/mol. The quantitative estimate of drug-likeness (QED) is 0.548. The summed E-state index contributed by atoms with van der Waals surface area (Å²) in [7, 11) is 1.61. The van der Waals surface area contributed by atoms with Crippen molar-refractivity contribution in [3.63, 3.8) is 0 Å². The molecule has 8 heteroatoms. The van der Waals surface area contributed by atoms with Gasteiger partial charge >= 0.3 is 0 Å². The summed E-state index contributed by atoms with van der Waals surface area (Å²) in [5, 5.41) is 3.98. The van der Waals surface area contributed by atoms with Gasteiger partial charge < -0.3 is 9.15 Å². The second-order valence-electron chi connectivity index (χ2n) is 7.21. The van der Waals surface area contributed by atoms with E-state index in [1.165, 1.54) is 0 Å². The number of aryl methyl sites for hydroxylation is 1. The van der Waals surface area contributed by atoms with Crippen molar-refractivity contribution in [1.82, 2.24) is 19.9 Å². The minimum absolute atomic E-state index is 0.0201. The van der Waals surface area contributed by atoms with Crippen LogP contribution >= 0.6 is 0 Å². The number of nitrogens with zero attached hydrogens (tertiary/aromatic N) is 4. The van der Waals surface area contributed by atoms with Crippen molar-refractivity contribution < 1.29 is 13.9 Å². The molecule has 0 amide bonds. The largest absolute Gasteiger partial charge is 0.494 e. The fraction of sp³-hybridized carbons (Fsp3) is 0.227. The van der Waals surface area contributed by atoms with Crippen LogP contribution in [0, 0.1) is 6.92 Å². The maximum Gasteiger partial charge on any atom is 0.230 e. The molecular formula is C22H19N5O3. The van der Waals surface area contributed by atoms with E-state index in [0.29, 0.717) is 47.3 Å². The maximum absolute atomic E-state index is 12.5. The van der Waals surface area contributed by atoms with Crippen molar-refractivity contribution in [1.29, 1.82) is 0 Å². The van der Waals surface area contributed by atoms with Gasteiger partial charge in [-0.1, -0.05) is 12.1 Å². The van der Waals surface area contributed by atoms with Gasteiger partial charge in [0.25, 0.3) is 0 Å². The Labute approximate surface area is 172 Å². The third kappa shape index (κ3) is 3.16. The van der Waals surface area contributed by atoms with Crippen LogP contribution in [0.3, 0.4) is 0 Å². The van der Waals surface area contributed by atoms with Crippen LogP contribution in [0.4, 0.5) is 11.9 Å². The molecular weight excluding hydrogens is 382 g/mol. The zero-order valence-electron chi connectivity index (χ0n) is 16.5. The first-order chi connectivity index (χ1) is 14.6. The number of anilines is 2. The molecule has 0 radical (unpaired) electrons. The maximum atomic E-state index is 12.5. The Hall–Kier alpha value is -3.81. The third-order valence-electron chi connectivity index (χ3n) is 5.31. The molecule has 150 valence electrons. The molecule has 0 saturated heterocycles. The molecule has 1 aliphatic carbocycles. The lowest BCUT2D eigenvalue weighted by Crippen LogP contribution is -2.21. The predicted molar refractivity (Wildman–Crippen MR) is 110 cm³/mol. The standard InChI is InChI=1S/C22H19N5O3/c1-12-14-5-3-6-19(29-2)20(14)26-22(24-12)27-21-23-11-15-16(25-21)9-13(10-17(15)28)18-7-4-8-30-18/h3-8,11,13H,9-10H2,1-2H3,(H,23,24,25,26,27)/t13-/m1/s1. The number of carbonyl (C=O) groups is 1. The van der Waals surface area contributed by atoms with Crippen LogP contribution < -0.4 is 10.1 Å². The van der Waals surface area contributed by atoms with E-state index in [-0.39, 0.29) is 11.7 Å². The van der Waals surface area contributed by atoms with Crippen molar-refractivity contribution in [3.8, 4) is 5.75 Å². The van der Waals surface area contributed by atoms with Crippen molar-refractivity contribution in [2.45, 2.75) is 25.7 Å². The molecule has 1 aromatic carbocycles. The minimum atomic E-state index is -0.0221. The van der Waals surface area contributed by atoms with Crippen molar-refractivity contribution >= 4 is 28.6 Å². The lowest BCUT2D eigenvalue weighted by Gasteiger charge is -2.21. The summed E-state index contributed by atoms with van der Waals surface area (Å²) in [5.41, 5.74) is 2.77. The molecule has 5 rings (SSSR count). The summed E-state index contributed by atoms with van der Waals surface area (Å²) in [6.45, 7) is 1.91. The first-order valence-corrected chi connectivity index (χ1v) is 9.63. The Morgan fingerprint density at radius 2 is 2.00 bits per heavy atom. The van der Waals surface area contributed by atoms with E-state index in [9.17, 15) is 4.79 Å². The van der Waals surface area contributed by atoms with E-state index in [1.807, 2.05) is 37.3 Å². The zero-order chi connectivity index (χ0) is 20.7. The summed E-state index contributed by atoms with van der Waals surface area (Å²) >= 11 is 0. The topological polar surface area (TPSA) is 103 Å². The molecule has 30 heavy (non-hydrogen) atoms. The van der Waals surface area contributed by atoms with Gasteiger partial charge in [-0.15, -0.1) is 0 Å². The average Bonchev–Trinajstić information content (AvgIpc) is 3.28. The van der Waals surface area contributed by atoms with Gasteiger partial charge in [0.1, 0.15) is 17.0 Å². The highest BCUT2D eigenvalue weighted by atomic mass is 16.5. The summed E-state index contributed by atoms with van der Waals surface area (Å²) in [5.74, 6) is 2.17. The normalized spacial score (nSPS) is 15.8. The van der Waals surface area contributed by atoms with Crippen molar-refractivity contribution in [2.75, 3.05) is 12.4 Å². The van der Waals surface area contributed by atoms with Crippen molar-refractivity contribution in [2.24, 2.45) is 0 Å². The first-order valence-electron chi connectivity index (χ1n) is 9.63. The number of Topliss-reactive ketones (excluding diaryl/α,β-unsaturated/α-hetero) is 1. The van der Waals surface area contributed by atoms with Gasteiger partial charge in [-0.2, -0.15) is 0 Å². The second kappa shape index (κ2) is 7.22. The Morgan fingerprint density at radius 1 is 1.10 bits per heavy atom. The number of hydrogen-bond donors (Lipinski definition) is 1. The van der Waals surface area contributed by atoms with E-state index in [0.717, 1.165) is 16.8 Å². The highest BCUT2D eigenvalue weighted by molar-refractivity contribution is 5.98. The highest BCUT2D eigenvalue weighted by Crippen LogP contribution is 2.32. The van der Waals surface area contributed by atoms with E-state index in [4.69, 9.17) is 9.15 Å². The number of ether oxygens (including phenoxy) is 1. The van der Waals surface area contributed by atoms with Crippen molar-refractivity contribution in [3.05, 3.63) is 65.5 Å². The van der Waals surface area contributed by atoms with E-state index in [1.54, 1.807) is 19.6 Å². The summed E-state index contributed by atoms with van der Waals surface area (Å²) in [6.07, 6.45) is 4.19. The molecule has 0 spiro atoms. The Kier molecular flexibility index (Phi) is 4.39. The van der Waals surface area contributed by atoms with E-state index < -0.39 is 0 Å². The van der Waals surface area contributed by atoms with Crippen LogP contribution in [-0.2, 0) is 6.42 Å². The zero-order valence-corrected chi connectivity index (χ0v) is 16.5. The number of hydrogen-bond acceptors (Lipinski definition) is 8. The van der Waals surface area contributed by atoms with Gasteiger partial charge in [0.2, 0.25) is 11.9 Å². The van der Waals surface area contributed by atoms with Crippen LogP contribution in [0.5, 0.6) is 5.75 Å². The predicted octanol–water partition coefficient (Wildman–Crippen LogP) is 3.99. The van der Waals surface area contributed by atoms with E-state index >= 15 is 0 Å². The summed E-state index contributed by atoms with van der Waals surface area (Å²) in [4.78, 5) is 30.5. The average molecular weight is 401 g/mol. The van der Waals surface area contributed by atoms with Gasteiger partial charge in [-0.05, 0) is 25.1 Å². The van der Waals surface area contributed by atoms with E-state index in [2.05, 4.69) is 25.3 Å². The molecule has 8 nitrogen and oxygen atoms in total. The SMILES string of the molecule is COc1cccc2c(C)nc(Nc3ncc4c(n3)C[C@@H](c3ccco3)CC4=O)nc12. The Balaban J connectivity index is 1.48. The van der Waals surface area contributed by atoms with Gasteiger partial charge in [0, 0.05) is 30.3 Å². The fourth-order valence-corrected chi connectivity index (χ4v) is 3.83.